The number of amides is 3. The molecule has 3 heterocycles. The summed E-state index contributed by atoms with van der Waals surface area (Å²) in [5.41, 5.74) is 0.701. The summed E-state index contributed by atoms with van der Waals surface area (Å²) in [5.74, 6) is -1.25. The first-order chi connectivity index (χ1) is 9.65. The molecule has 0 aliphatic carbocycles. The number of nitrogens with zero attached hydrogens (tertiary/aromatic N) is 3. The van der Waals surface area contributed by atoms with Gasteiger partial charge in [0.25, 0.3) is 5.91 Å². The third-order valence-corrected chi connectivity index (χ3v) is 3.07. The molecule has 1 aliphatic heterocycles. The van der Waals surface area contributed by atoms with Crippen molar-refractivity contribution in [3.05, 3.63) is 30.2 Å². The lowest BCUT2D eigenvalue weighted by Crippen LogP contribution is -2.52. The highest BCUT2D eigenvalue weighted by Crippen LogP contribution is 2.09. The summed E-state index contributed by atoms with van der Waals surface area (Å²) in [6.45, 7) is 0. The first-order valence-corrected chi connectivity index (χ1v) is 6.08. The summed E-state index contributed by atoms with van der Waals surface area (Å²) in [7, 11) is 0. The summed E-state index contributed by atoms with van der Waals surface area (Å²) in [4.78, 5) is 38.8. The van der Waals surface area contributed by atoms with Crippen LogP contribution in [-0.4, -0.2) is 38.4 Å². The number of hydrogen-bond donors (Lipinski definition) is 2. The molecule has 1 saturated heterocycles. The zero-order chi connectivity index (χ0) is 14.1. The van der Waals surface area contributed by atoms with Gasteiger partial charge in [-0.05, 0) is 12.5 Å². The molecule has 2 aromatic heterocycles. The number of aromatic nitrogens is 3. The number of carbonyl (C=O) groups is 3. The van der Waals surface area contributed by atoms with Gasteiger partial charge in [0.05, 0.1) is 6.20 Å². The van der Waals surface area contributed by atoms with E-state index in [0.29, 0.717) is 12.1 Å². The monoisotopic (exact) mass is 273 g/mol. The van der Waals surface area contributed by atoms with E-state index in [1.807, 2.05) is 0 Å². The van der Waals surface area contributed by atoms with Crippen LogP contribution < -0.4 is 10.6 Å². The molecule has 0 bridgehead atoms. The van der Waals surface area contributed by atoms with Crippen LogP contribution >= 0.6 is 0 Å². The number of rotatable bonds is 2. The number of imide groups is 1. The van der Waals surface area contributed by atoms with Crippen LogP contribution in [0, 0.1) is 0 Å². The quantitative estimate of drug-likeness (QED) is 0.701. The van der Waals surface area contributed by atoms with Crippen molar-refractivity contribution < 1.29 is 14.4 Å². The van der Waals surface area contributed by atoms with E-state index < -0.39 is 17.9 Å². The molecule has 1 aliphatic rings. The number of nitrogens with one attached hydrogen (secondary N) is 2. The SMILES string of the molecule is O=C1CC[C@H](NC(=O)c2cnn3cccnc23)C(=O)N1. The van der Waals surface area contributed by atoms with E-state index in [2.05, 4.69) is 20.7 Å². The standard InChI is InChI=1S/C12H11N5O3/c18-9-3-2-8(12(20)16-9)15-11(19)7-6-14-17-5-1-4-13-10(7)17/h1,4-6,8H,2-3H2,(H,15,19)(H,16,18,20)/t8-/m0/s1. The van der Waals surface area contributed by atoms with Crippen molar-refractivity contribution in [2.75, 3.05) is 0 Å². The largest absolute Gasteiger partial charge is 0.340 e. The van der Waals surface area contributed by atoms with Crippen LogP contribution in [0.3, 0.4) is 0 Å². The van der Waals surface area contributed by atoms with E-state index in [-0.39, 0.29) is 17.9 Å². The maximum atomic E-state index is 12.1. The van der Waals surface area contributed by atoms with Crippen LogP contribution in [0.25, 0.3) is 5.65 Å². The van der Waals surface area contributed by atoms with E-state index >= 15 is 0 Å². The third-order valence-electron chi connectivity index (χ3n) is 3.07. The van der Waals surface area contributed by atoms with Gasteiger partial charge in [0.15, 0.2) is 5.65 Å². The Morgan fingerprint density at radius 2 is 2.30 bits per heavy atom. The van der Waals surface area contributed by atoms with Crippen LogP contribution in [-0.2, 0) is 9.59 Å². The van der Waals surface area contributed by atoms with E-state index in [1.54, 1.807) is 18.5 Å². The van der Waals surface area contributed by atoms with Gasteiger partial charge < -0.3 is 5.32 Å². The normalized spacial score (nSPS) is 18.9. The van der Waals surface area contributed by atoms with Crippen LogP contribution in [0.5, 0.6) is 0 Å². The van der Waals surface area contributed by atoms with Gasteiger partial charge in [-0.1, -0.05) is 0 Å². The fourth-order valence-corrected chi connectivity index (χ4v) is 2.05. The minimum atomic E-state index is -0.709. The minimum Gasteiger partial charge on any atom is -0.340 e. The van der Waals surface area contributed by atoms with Gasteiger partial charge in [-0.3, -0.25) is 19.7 Å². The Hall–Kier alpha value is -2.77. The maximum absolute atomic E-state index is 12.1. The Morgan fingerprint density at radius 3 is 3.10 bits per heavy atom. The predicted molar refractivity (Wildman–Crippen MR) is 66.6 cm³/mol. The van der Waals surface area contributed by atoms with Gasteiger partial charge in [0.2, 0.25) is 11.8 Å². The van der Waals surface area contributed by atoms with Crippen molar-refractivity contribution in [1.82, 2.24) is 25.2 Å². The molecule has 3 amide bonds. The first kappa shape index (κ1) is 12.3. The lowest BCUT2D eigenvalue weighted by molar-refractivity contribution is -0.134. The van der Waals surface area contributed by atoms with Crippen LogP contribution in [0.2, 0.25) is 0 Å². The van der Waals surface area contributed by atoms with E-state index in [4.69, 9.17) is 0 Å². The van der Waals surface area contributed by atoms with E-state index in [9.17, 15) is 14.4 Å². The van der Waals surface area contributed by atoms with Crippen molar-refractivity contribution >= 4 is 23.4 Å². The van der Waals surface area contributed by atoms with E-state index in [0.717, 1.165) is 0 Å². The van der Waals surface area contributed by atoms with E-state index in [1.165, 1.54) is 10.7 Å². The minimum absolute atomic E-state index is 0.212. The summed E-state index contributed by atoms with van der Waals surface area (Å²) < 4.78 is 1.47. The van der Waals surface area contributed by atoms with Crippen molar-refractivity contribution in [1.29, 1.82) is 0 Å². The molecule has 20 heavy (non-hydrogen) atoms. The summed E-state index contributed by atoms with van der Waals surface area (Å²) in [5, 5.41) is 8.78. The van der Waals surface area contributed by atoms with Crippen LogP contribution in [0.4, 0.5) is 0 Å². The zero-order valence-corrected chi connectivity index (χ0v) is 10.4. The molecule has 3 rings (SSSR count). The van der Waals surface area contributed by atoms with Crippen molar-refractivity contribution in [3.8, 4) is 0 Å². The molecule has 0 saturated carbocycles. The van der Waals surface area contributed by atoms with Crippen LogP contribution in [0.1, 0.15) is 23.2 Å². The highest BCUT2D eigenvalue weighted by molar-refractivity contribution is 6.05. The Labute approximate surface area is 113 Å². The summed E-state index contributed by atoms with van der Waals surface area (Å²) in [6.07, 6.45) is 5.13. The molecular weight excluding hydrogens is 262 g/mol. The zero-order valence-electron chi connectivity index (χ0n) is 10.4. The molecule has 0 unspecified atom stereocenters. The number of carbonyl (C=O) groups excluding carboxylic acids is 3. The Bertz CT molecular complexity index is 708. The highest BCUT2D eigenvalue weighted by atomic mass is 16.2. The molecule has 8 heteroatoms. The maximum Gasteiger partial charge on any atom is 0.257 e. The second-order valence-corrected chi connectivity index (χ2v) is 4.42. The van der Waals surface area contributed by atoms with Gasteiger partial charge in [-0.25, -0.2) is 9.50 Å². The number of fused-ring (bicyclic) bond motifs is 1. The average molecular weight is 273 g/mol. The molecule has 8 nitrogen and oxygen atoms in total. The first-order valence-electron chi connectivity index (χ1n) is 6.08. The molecule has 2 N–H and O–H groups in total. The van der Waals surface area contributed by atoms with Crippen molar-refractivity contribution in [3.63, 3.8) is 0 Å². The summed E-state index contributed by atoms with van der Waals surface area (Å²) >= 11 is 0. The Morgan fingerprint density at radius 1 is 1.45 bits per heavy atom. The predicted octanol–water partition coefficient (Wildman–Crippen LogP) is -0.736. The van der Waals surface area contributed by atoms with Gasteiger partial charge in [-0.15, -0.1) is 0 Å². The fraction of sp³-hybridized carbons (Fsp3) is 0.250. The smallest absolute Gasteiger partial charge is 0.257 e. The molecule has 0 spiro atoms. The second-order valence-electron chi connectivity index (χ2n) is 4.42. The Kier molecular flexibility index (Phi) is 2.90. The third kappa shape index (κ3) is 2.11. The average Bonchev–Trinajstić information content (AvgIpc) is 2.86. The number of piperidine rings is 1. The fourth-order valence-electron chi connectivity index (χ4n) is 2.05. The molecule has 1 atom stereocenters. The number of hydrogen-bond acceptors (Lipinski definition) is 5. The van der Waals surface area contributed by atoms with Crippen molar-refractivity contribution in [2.24, 2.45) is 0 Å². The highest BCUT2D eigenvalue weighted by Gasteiger charge is 2.28. The Balaban J connectivity index is 1.80. The molecule has 0 aromatic carbocycles. The van der Waals surface area contributed by atoms with Crippen molar-refractivity contribution in [2.45, 2.75) is 18.9 Å². The van der Waals surface area contributed by atoms with Gasteiger partial charge >= 0.3 is 0 Å². The lowest BCUT2D eigenvalue weighted by atomic mass is 10.1. The van der Waals surface area contributed by atoms with Gasteiger partial charge in [0, 0.05) is 18.8 Å². The molecule has 0 radical (unpaired) electrons. The molecular formula is C12H11N5O3. The summed E-state index contributed by atoms with van der Waals surface area (Å²) in [6, 6.07) is 0.987. The van der Waals surface area contributed by atoms with Crippen LogP contribution in [0.15, 0.2) is 24.7 Å². The van der Waals surface area contributed by atoms with Gasteiger partial charge in [0.1, 0.15) is 11.6 Å². The topological polar surface area (TPSA) is 105 Å². The molecule has 102 valence electrons. The van der Waals surface area contributed by atoms with Gasteiger partial charge in [-0.2, -0.15) is 5.10 Å². The second kappa shape index (κ2) is 4.72. The lowest BCUT2D eigenvalue weighted by Gasteiger charge is -2.21. The molecule has 1 fully saturated rings. The molecule has 2 aromatic rings.